The summed E-state index contributed by atoms with van der Waals surface area (Å²) in [6, 6.07) is 14.0. The number of aromatic nitrogens is 2. The third-order valence-electron chi connectivity index (χ3n) is 5.44. The Morgan fingerprint density at radius 3 is 2.56 bits per heavy atom. The molecule has 0 saturated heterocycles. The third-order valence-corrected chi connectivity index (χ3v) is 5.44. The predicted molar refractivity (Wildman–Crippen MR) is 123 cm³/mol. The number of nitrogens with one attached hydrogen (secondary N) is 1. The number of pyridine rings is 1. The average molecular weight is 437 g/mol. The van der Waals surface area contributed by atoms with E-state index in [0.717, 1.165) is 18.0 Å². The fourth-order valence-electron chi connectivity index (χ4n) is 3.28. The molecule has 3 aromatic rings. The van der Waals surface area contributed by atoms with Gasteiger partial charge in [-0.3, -0.25) is 14.7 Å². The quantitative estimate of drug-likeness (QED) is 0.478. The first-order chi connectivity index (χ1) is 15.5. The Bertz CT molecular complexity index is 970. The molecule has 0 spiro atoms. The van der Waals surface area contributed by atoms with Crippen molar-refractivity contribution in [2.45, 2.75) is 53.4 Å². The van der Waals surface area contributed by atoms with Gasteiger partial charge in [0, 0.05) is 18.8 Å². The number of benzene rings is 1. The average Bonchev–Trinajstić information content (AvgIpc) is 3.27. The molecule has 0 saturated carbocycles. The van der Waals surface area contributed by atoms with Crippen molar-refractivity contribution in [1.82, 2.24) is 20.2 Å². The molecule has 1 unspecified atom stereocenters. The Morgan fingerprint density at radius 2 is 1.91 bits per heavy atom. The molecule has 170 valence electrons. The lowest BCUT2D eigenvalue weighted by Crippen LogP contribution is -2.36. The number of carbonyl (C=O) groups excluding carboxylic acids is 1. The predicted octanol–water partition coefficient (Wildman–Crippen LogP) is 4.45. The van der Waals surface area contributed by atoms with Crippen LogP contribution in [0.5, 0.6) is 5.75 Å². The summed E-state index contributed by atoms with van der Waals surface area (Å²) in [6.07, 6.45) is 3.11. The zero-order chi connectivity index (χ0) is 22.9. The van der Waals surface area contributed by atoms with E-state index >= 15 is 0 Å². The van der Waals surface area contributed by atoms with Crippen LogP contribution in [-0.2, 0) is 19.6 Å². The van der Waals surface area contributed by atoms with Crippen molar-refractivity contribution in [3.05, 3.63) is 77.8 Å². The van der Waals surface area contributed by atoms with Crippen molar-refractivity contribution >= 4 is 5.91 Å². The number of amides is 1. The number of rotatable bonds is 11. The van der Waals surface area contributed by atoms with E-state index in [1.165, 1.54) is 11.8 Å². The standard InChI is InChI=1S/C25H32N4O3/c1-5-31-22-11-9-20(10-12-22)15-29(19(4)18(2)3)16-24-28-23(17-32-24)25(30)27-14-21-8-6-7-13-26-21/h6-13,17-19H,5,14-16H2,1-4H3,(H,27,30). The molecule has 32 heavy (non-hydrogen) atoms. The Morgan fingerprint density at radius 1 is 1.12 bits per heavy atom. The second kappa shape index (κ2) is 11.4. The fraction of sp³-hybridized carbons (Fsp3) is 0.400. The second-order valence-electron chi connectivity index (χ2n) is 8.10. The lowest BCUT2D eigenvalue weighted by molar-refractivity contribution is 0.0945. The van der Waals surface area contributed by atoms with Crippen LogP contribution in [0, 0.1) is 5.92 Å². The van der Waals surface area contributed by atoms with E-state index in [2.05, 4.69) is 53.1 Å². The number of nitrogens with zero attached hydrogens (tertiary/aromatic N) is 3. The van der Waals surface area contributed by atoms with Gasteiger partial charge >= 0.3 is 0 Å². The van der Waals surface area contributed by atoms with Gasteiger partial charge in [-0.15, -0.1) is 0 Å². The lowest BCUT2D eigenvalue weighted by atomic mass is 10.0. The molecule has 7 heteroatoms. The lowest BCUT2D eigenvalue weighted by Gasteiger charge is -2.30. The van der Waals surface area contributed by atoms with Crippen LogP contribution in [0.15, 0.2) is 59.3 Å². The van der Waals surface area contributed by atoms with Crippen molar-refractivity contribution in [3.63, 3.8) is 0 Å². The van der Waals surface area contributed by atoms with E-state index in [4.69, 9.17) is 9.15 Å². The molecule has 7 nitrogen and oxygen atoms in total. The first kappa shape index (κ1) is 23.5. The number of hydrogen-bond acceptors (Lipinski definition) is 6. The van der Waals surface area contributed by atoms with Crippen LogP contribution in [0.4, 0.5) is 0 Å². The summed E-state index contributed by atoms with van der Waals surface area (Å²) in [4.78, 5) is 23.4. The van der Waals surface area contributed by atoms with Crippen molar-refractivity contribution in [2.75, 3.05) is 6.61 Å². The van der Waals surface area contributed by atoms with E-state index in [9.17, 15) is 4.79 Å². The highest BCUT2D eigenvalue weighted by atomic mass is 16.5. The van der Waals surface area contributed by atoms with Crippen molar-refractivity contribution in [2.24, 2.45) is 5.92 Å². The van der Waals surface area contributed by atoms with Crippen LogP contribution in [0.2, 0.25) is 0 Å². The Labute approximate surface area is 189 Å². The van der Waals surface area contributed by atoms with E-state index in [0.29, 0.717) is 37.5 Å². The number of hydrogen-bond donors (Lipinski definition) is 1. The second-order valence-corrected chi connectivity index (χ2v) is 8.10. The van der Waals surface area contributed by atoms with Crippen molar-refractivity contribution in [3.8, 4) is 5.75 Å². The minimum absolute atomic E-state index is 0.272. The molecule has 0 aliphatic heterocycles. The maximum absolute atomic E-state index is 12.4. The fourth-order valence-corrected chi connectivity index (χ4v) is 3.28. The van der Waals surface area contributed by atoms with E-state index in [1.807, 2.05) is 37.3 Å². The third kappa shape index (κ3) is 6.65. The van der Waals surface area contributed by atoms with Gasteiger partial charge in [-0.2, -0.15) is 0 Å². The topological polar surface area (TPSA) is 80.5 Å². The van der Waals surface area contributed by atoms with Gasteiger partial charge in [0.1, 0.15) is 12.0 Å². The zero-order valence-electron chi connectivity index (χ0n) is 19.2. The maximum Gasteiger partial charge on any atom is 0.273 e. The molecular weight excluding hydrogens is 404 g/mol. The van der Waals surface area contributed by atoms with Gasteiger partial charge in [0.05, 0.1) is 25.4 Å². The summed E-state index contributed by atoms with van der Waals surface area (Å²) in [6.45, 7) is 10.8. The normalized spacial score (nSPS) is 12.2. The summed E-state index contributed by atoms with van der Waals surface area (Å²) in [5, 5.41) is 2.83. The summed E-state index contributed by atoms with van der Waals surface area (Å²) < 4.78 is 11.2. The highest BCUT2D eigenvalue weighted by Gasteiger charge is 2.21. The van der Waals surface area contributed by atoms with Gasteiger partial charge in [0.2, 0.25) is 5.89 Å². The minimum Gasteiger partial charge on any atom is -0.494 e. The van der Waals surface area contributed by atoms with Crippen LogP contribution in [-0.4, -0.2) is 33.4 Å². The SMILES string of the molecule is CCOc1ccc(CN(Cc2nc(C(=O)NCc3ccccn3)co2)C(C)C(C)C)cc1. The first-order valence-electron chi connectivity index (χ1n) is 11.0. The van der Waals surface area contributed by atoms with Gasteiger partial charge in [-0.25, -0.2) is 4.98 Å². The van der Waals surface area contributed by atoms with Crippen LogP contribution < -0.4 is 10.1 Å². The van der Waals surface area contributed by atoms with E-state index < -0.39 is 0 Å². The summed E-state index contributed by atoms with van der Waals surface area (Å²) in [7, 11) is 0. The Kier molecular flexibility index (Phi) is 8.39. The summed E-state index contributed by atoms with van der Waals surface area (Å²) in [5.74, 6) is 1.56. The molecule has 1 N–H and O–H groups in total. The zero-order valence-corrected chi connectivity index (χ0v) is 19.2. The minimum atomic E-state index is -0.277. The summed E-state index contributed by atoms with van der Waals surface area (Å²) in [5.41, 5.74) is 2.24. The number of ether oxygens (including phenoxy) is 1. The molecule has 1 aromatic carbocycles. The molecule has 0 fully saturated rings. The molecular formula is C25H32N4O3. The highest BCUT2D eigenvalue weighted by Crippen LogP contribution is 2.20. The molecule has 2 heterocycles. The number of carbonyl (C=O) groups is 1. The van der Waals surface area contributed by atoms with Gasteiger partial charge in [-0.1, -0.05) is 32.0 Å². The van der Waals surface area contributed by atoms with Crippen molar-refractivity contribution < 1.29 is 13.9 Å². The smallest absolute Gasteiger partial charge is 0.273 e. The van der Waals surface area contributed by atoms with Gasteiger partial charge in [0.15, 0.2) is 5.69 Å². The first-order valence-corrected chi connectivity index (χ1v) is 11.0. The Hall–Kier alpha value is -3.19. The van der Waals surface area contributed by atoms with E-state index in [-0.39, 0.29) is 11.6 Å². The van der Waals surface area contributed by atoms with Gasteiger partial charge in [0.25, 0.3) is 5.91 Å². The molecule has 0 bridgehead atoms. The van der Waals surface area contributed by atoms with Crippen LogP contribution in [0.1, 0.15) is 55.3 Å². The highest BCUT2D eigenvalue weighted by molar-refractivity contribution is 5.91. The largest absolute Gasteiger partial charge is 0.494 e. The molecule has 2 aromatic heterocycles. The molecule has 3 rings (SSSR count). The molecule has 0 radical (unpaired) electrons. The molecule has 1 atom stereocenters. The van der Waals surface area contributed by atoms with Crippen molar-refractivity contribution in [1.29, 1.82) is 0 Å². The Balaban J connectivity index is 1.64. The maximum atomic E-state index is 12.4. The van der Waals surface area contributed by atoms with Gasteiger partial charge < -0.3 is 14.5 Å². The molecule has 0 aliphatic carbocycles. The monoisotopic (exact) mass is 436 g/mol. The molecule has 0 aliphatic rings. The van der Waals surface area contributed by atoms with Gasteiger partial charge in [-0.05, 0) is 49.6 Å². The van der Waals surface area contributed by atoms with Crippen LogP contribution >= 0.6 is 0 Å². The number of oxazole rings is 1. The van der Waals surface area contributed by atoms with E-state index in [1.54, 1.807) is 6.20 Å². The summed E-state index contributed by atoms with van der Waals surface area (Å²) >= 11 is 0. The van der Waals surface area contributed by atoms with Crippen LogP contribution in [0.25, 0.3) is 0 Å². The molecule has 1 amide bonds. The van der Waals surface area contributed by atoms with Crippen LogP contribution in [0.3, 0.4) is 0 Å².